The monoisotopic (exact) mass is 212 g/mol. The minimum Gasteiger partial charge on any atom is -0.476 e. The van der Waals surface area contributed by atoms with E-state index in [1.54, 1.807) is 0 Å². The molecule has 0 atom stereocenters. The number of rotatable bonds is 2. The summed E-state index contributed by atoms with van der Waals surface area (Å²) in [7, 11) is 0. The maximum Gasteiger partial charge on any atom is 0.358 e. The van der Waals surface area contributed by atoms with Gasteiger partial charge in [-0.15, -0.1) is 11.3 Å². The van der Waals surface area contributed by atoms with E-state index in [1.807, 2.05) is 17.5 Å². The molecular formula is C7H4N2O2S2. The van der Waals surface area contributed by atoms with E-state index in [9.17, 15) is 4.79 Å². The van der Waals surface area contributed by atoms with Gasteiger partial charge in [0.15, 0.2) is 5.69 Å². The second-order valence-corrected chi connectivity index (χ2v) is 3.72. The summed E-state index contributed by atoms with van der Waals surface area (Å²) in [5.74, 6) is -1.03. The molecule has 0 spiro atoms. The molecular weight excluding hydrogens is 208 g/mol. The summed E-state index contributed by atoms with van der Waals surface area (Å²) in [5.41, 5.74) is 0.500. The zero-order valence-electron chi connectivity index (χ0n) is 6.30. The highest BCUT2D eigenvalue weighted by Gasteiger charge is 2.16. The zero-order valence-corrected chi connectivity index (χ0v) is 7.93. The van der Waals surface area contributed by atoms with Gasteiger partial charge < -0.3 is 5.11 Å². The van der Waals surface area contributed by atoms with Gasteiger partial charge in [-0.3, -0.25) is 0 Å². The molecule has 0 aliphatic rings. The molecule has 0 aliphatic heterocycles. The van der Waals surface area contributed by atoms with E-state index in [-0.39, 0.29) is 5.69 Å². The molecule has 0 bridgehead atoms. The number of hydrogen-bond donors (Lipinski definition) is 1. The maximum atomic E-state index is 10.7. The van der Waals surface area contributed by atoms with Crippen molar-refractivity contribution < 1.29 is 9.90 Å². The Bertz CT molecular complexity index is 421. The highest BCUT2D eigenvalue weighted by molar-refractivity contribution is 7.13. The van der Waals surface area contributed by atoms with Crippen molar-refractivity contribution in [1.82, 2.24) is 8.75 Å². The summed E-state index contributed by atoms with van der Waals surface area (Å²) in [5, 5.41) is 10.6. The topological polar surface area (TPSA) is 63.1 Å². The fourth-order valence-corrected chi connectivity index (χ4v) is 2.23. The van der Waals surface area contributed by atoms with Crippen molar-refractivity contribution in [3.05, 3.63) is 23.2 Å². The first-order chi connectivity index (χ1) is 6.29. The molecule has 4 nitrogen and oxygen atoms in total. The molecule has 0 aromatic carbocycles. The normalized spacial score (nSPS) is 10.2. The fraction of sp³-hybridized carbons (Fsp3) is 0. The lowest BCUT2D eigenvalue weighted by Gasteiger charge is -1.90. The third-order valence-electron chi connectivity index (χ3n) is 1.45. The van der Waals surface area contributed by atoms with Crippen LogP contribution in [-0.4, -0.2) is 19.8 Å². The Morgan fingerprint density at radius 3 is 2.92 bits per heavy atom. The van der Waals surface area contributed by atoms with E-state index < -0.39 is 5.97 Å². The molecule has 0 saturated heterocycles. The molecule has 0 amide bonds. The Morgan fingerprint density at radius 2 is 2.31 bits per heavy atom. The molecule has 13 heavy (non-hydrogen) atoms. The molecule has 66 valence electrons. The van der Waals surface area contributed by atoms with Crippen LogP contribution >= 0.6 is 23.1 Å². The summed E-state index contributed by atoms with van der Waals surface area (Å²) in [4.78, 5) is 11.5. The van der Waals surface area contributed by atoms with E-state index in [1.165, 1.54) is 11.3 Å². The number of aromatic carboxylic acids is 1. The lowest BCUT2D eigenvalue weighted by atomic mass is 10.3. The largest absolute Gasteiger partial charge is 0.476 e. The molecule has 0 radical (unpaired) electrons. The minimum absolute atomic E-state index is 0.0347. The molecule has 0 saturated carbocycles. The average molecular weight is 212 g/mol. The third kappa shape index (κ3) is 1.45. The van der Waals surface area contributed by atoms with Crippen LogP contribution in [0, 0.1) is 0 Å². The van der Waals surface area contributed by atoms with Crippen LogP contribution in [0.5, 0.6) is 0 Å². The summed E-state index contributed by atoms with van der Waals surface area (Å²) < 4.78 is 7.65. The predicted octanol–water partition coefficient (Wildman–Crippen LogP) is 1.96. The number of nitrogens with zero attached hydrogens (tertiary/aromatic N) is 2. The van der Waals surface area contributed by atoms with Crippen molar-refractivity contribution in [2.24, 2.45) is 0 Å². The van der Waals surface area contributed by atoms with Crippen LogP contribution in [0.15, 0.2) is 17.5 Å². The van der Waals surface area contributed by atoms with Crippen molar-refractivity contribution >= 4 is 29.0 Å². The summed E-state index contributed by atoms with van der Waals surface area (Å²) in [6.45, 7) is 0. The van der Waals surface area contributed by atoms with E-state index in [0.29, 0.717) is 5.69 Å². The fourth-order valence-electron chi connectivity index (χ4n) is 0.904. The van der Waals surface area contributed by atoms with Crippen molar-refractivity contribution in [1.29, 1.82) is 0 Å². The van der Waals surface area contributed by atoms with Gasteiger partial charge in [-0.1, -0.05) is 6.07 Å². The number of carboxylic acid groups (broad SMARTS) is 1. The first-order valence-electron chi connectivity index (χ1n) is 3.39. The summed E-state index contributed by atoms with van der Waals surface area (Å²) in [6.07, 6.45) is 0. The van der Waals surface area contributed by atoms with Crippen molar-refractivity contribution in [3.8, 4) is 10.6 Å². The van der Waals surface area contributed by atoms with Gasteiger partial charge in [0, 0.05) is 0 Å². The molecule has 0 unspecified atom stereocenters. The van der Waals surface area contributed by atoms with Crippen LogP contribution in [0.2, 0.25) is 0 Å². The van der Waals surface area contributed by atoms with Crippen LogP contribution in [0.1, 0.15) is 10.5 Å². The van der Waals surface area contributed by atoms with Gasteiger partial charge >= 0.3 is 5.97 Å². The zero-order chi connectivity index (χ0) is 9.26. The highest BCUT2D eigenvalue weighted by Crippen LogP contribution is 2.26. The second-order valence-electron chi connectivity index (χ2n) is 2.24. The Labute approximate surface area is 81.8 Å². The number of aromatic nitrogens is 2. The Morgan fingerprint density at radius 1 is 1.46 bits per heavy atom. The Hall–Kier alpha value is -1.27. The molecule has 6 heteroatoms. The van der Waals surface area contributed by atoms with Gasteiger partial charge in [0.2, 0.25) is 0 Å². The number of carbonyl (C=O) groups is 1. The minimum atomic E-state index is -1.03. The van der Waals surface area contributed by atoms with Gasteiger partial charge in [-0.05, 0) is 11.4 Å². The van der Waals surface area contributed by atoms with E-state index in [2.05, 4.69) is 8.75 Å². The van der Waals surface area contributed by atoms with E-state index in [0.717, 1.165) is 16.6 Å². The predicted molar refractivity (Wildman–Crippen MR) is 50.2 cm³/mol. The Balaban J connectivity index is 2.52. The number of thiophene rings is 1. The lowest BCUT2D eigenvalue weighted by Crippen LogP contribution is -1.98. The lowest BCUT2D eigenvalue weighted by molar-refractivity contribution is 0.0692. The SMILES string of the molecule is O=C(O)c1nsnc1-c1cccs1. The third-order valence-corrected chi connectivity index (χ3v) is 2.85. The highest BCUT2D eigenvalue weighted by atomic mass is 32.1. The molecule has 2 heterocycles. The standard InChI is InChI=1S/C7H4N2O2S2/c10-7(11)6-5(8-13-9-6)4-2-1-3-12-4/h1-3H,(H,10,11). The van der Waals surface area contributed by atoms with Gasteiger partial charge in [-0.25, -0.2) is 4.79 Å². The molecule has 1 N–H and O–H groups in total. The van der Waals surface area contributed by atoms with E-state index in [4.69, 9.17) is 5.11 Å². The number of hydrogen-bond acceptors (Lipinski definition) is 5. The van der Waals surface area contributed by atoms with Crippen LogP contribution < -0.4 is 0 Å². The molecule has 2 aromatic heterocycles. The van der Waals surface area contributed by atoms with Gasteiger partial charge in [0.25, 0.3) is 0 Å². The van der Waals surface area contributed by atoms with Crippen molar-refractivity contribution in [2.75, 3.05) is 0 Å². The van der Waals surface area contributed by atoms with Gasteiger partial charge in [-0.2, -0.15) is 8.75 Å². The smallest absolute Gasteiger partial charge is 0.358 e. The van der Waals surface area contributed by atoms with Crippen LogP contribution in [0.4, 0.5) is 0 Å². The first kappa shape index (κ1) is 8.33. The van der Waals surface area contributed by atoms with Gasteiger partial charge in [0.1, 0.15) is 5.69 Å². The molecule has 0 aliphatic carbocycles. The average Bonchev–Trinajstić information content (AvgIpc) is 2.74. The quantitative estimate of drug-likeness (QED) is 0.826. The maximum absolute atomic E-state index is 10.7. The molecule has 0 fully saturated rings. The Kier molecular flexibility index (Phi) is 2.07. The van der Waals surface area contributed by atoms with Crippen molar-refractivity contribution in [3.63, 3.8) is 0 Å². The summed E-state index contributed by atoms with van der Waals surface area (Å²) >= 11 is 2.37. The summed E-state index contributed by atoms with van der Waals surface area (Å²) in [6, 6.07) is 3.68. The number of carboxylic acids is 1. The first-order valence-corrected chi connectivity index (χ1v) is 5.00. The van der Waals surface area contributed by atoms with Gasteiger partial charge in [0.05, 0.1) is 16.6 Å². The van der Waals surface area contributed by atoms with Crippen LogP contribution in [0.25, 0.3) is 10.6 Å². The second kappa shape index (κ2) is 3.23. The van der Waals surface area contributed by atoms with Crippen LogP contribution in [0.3, 0.4) is 0 Å². The van der Waals surface area contributed by atoms with Crippen molar-refractivity contribution in [2.45, 2.75) is 0 Å². The van der Waals surface area contributed by atoms with E-state index >= 15 is 0 Å². The van der Waals surface area contributed by atoms with Crippen LogP contribution in [-0.2, 0) is 0 Å². The molecule has 2 aromatic rings. The molecule has 2 rings (SSSR count).